The third-order valence-corrected chi connectivity index (χ3v) is 4.45. The van der Waals surface area contributed by atoms with Crippen molar-refractivity contribution in [3.8, 4) is 5.75 Å². The Balaban J connectivity index is 2.19. The minimum Gasteiger partial charge on any atom is -0.479 e. The summed E-state index contributed by atoms with van der Waals surface area (Å²) in [5.41, 5.74) is 0.380. The average Bonchev–Trinajstić information content (AvgIpc) is 2.42. The van der Waals surface area contributed by atoms with Crippen LogP contribution in [-0.4, -0.2) is 16.1 Å². The van der Waals surface area contributed by atoms with E-state index in [1.54, 1.807) is 0 Å². The van der Waals surface area contributed by atoms with Gasteiger partial charge in [-0.25, -0.2) is 4.79 Å². The molecule has 0 fully saturated rings. The molecule has 3 nitrogen and oxygen atoms in total. The van der Waals surface area contributed by atoms with Gasteiger partial charge in [0, 0.05) is 0 Å². The molecule has 0 aliphatic heterocycles. The predicted molar refractivity (Wildman–Crippen MR) is 95.4 cm³/mol. The molecule has 0 amide bonds. The largest absolute Gasteiger partial charge is 0.479 e. The van der Waals surface area contributed by atoms with E-state index >= 15 is 0 Å². The lowest BCUT2D eigenvalue weighted by molar-refractivity contribution is -0.132. The number of aliphatic carboxylic acids is 1. The van der Waals surface area contributed by atoms with Gasteiger partial charge in [0.05, 0.1) is 8.96 Å². The van der Waals surface area contributed by atoms with E-state index in [4.69, 9.17) is 9.84 Å². The molecule has 1 atom stereocenters. The lowest BCUT2D eigenvalue weighted by atomic mass is 10.1. The number of hydrogen-bond donors (Lipinski definition) is 1. The van der Waals surface area contributed by atoms with Crippen molar-refractivity contribution in [2.45, 2.75) is 37.1 Å². The first-order valence-electron chi connectivity index (χ1n) is 6.64. The molecule has 1 aromatic carbocycles. The zero-order valence-electron chi connectivity index (χ0n) is 11.4. The Hall–Kier alpha value is -0.330. The summed E-state index contributed by atoms with van der Waals surface area (Å²) in [5, 5.41) is 8.99. The van der Waals surface area contributed by atoms with Crippen molar-refractivity contribution in [3.63, 3.8) is 0 Å². The van der Waals surface area contributed by atoms with Crippen molar-refractivity contribution < 1.29 is 14.6 Å². The van der Waals surface area contributed by atoms with E-state index < -0.39 is 5.97 Å². The molecule has 1 unspecified atom stereocenters. The lowest BCUT2D eigenvalue weighted by Crippen LogP contribution is -2.07. The van der Waals surface area contributed by atoms with Crippen molar-refractivity contribution in [3.05, 3.63) is 39.3 Å². The fraction of sp³-hybridized carbons (Fsp3) is 0.400. The topological polar surface area (TPSA) is 46.5 Å². The Morgan fingerprint density at radius 2 is 1.81 bits per heavy atom. The monoisotopic (exact) mass is 482 g/mol. The fourth-order valence-electron chi connectivity index (χ4n) is 1.77. The summed E-state index contributed by atoms with van der Waals surface area (Å²) in [6.07, 6.45) is 4.22. The Morgan fingerprint density at radius 1 is 1.14 bits per heavy atom. The second-order valence-corrected chi connectivity index (χ2v) is 8.16. The van der Waals surface area contributed by atoms with E-state index in [2.05, 4.69) is 47.8 Å². The number of unbranched alkanes of at least 4 members (excludes halogenated alkanes) is 2. The molecule has 6 heteroatoms. The van der Waals surface area contributed by atoms with E-state index in [1.165, 1.54) is 0 Å². The Morgan fingerprint density at radius 3 is 2.38 bits per heavy atom. The minimum atomic E-state index is -0.885. The van der Waals surface area contributed by atoms with Crippen LogP contribution in [0.15, 0.2) is 39.3 Å². The van der Waals surface area contributed by atoms with Gasteiger partial charge in [0.15, 0.2) is 5.01 Å². The van der Waals surface area contributed by atoms with Gasteiger partial charge in [-0.3, -0.25) is 0 Å². The highest BCUT2D eigenvalue weighted by atomic mass is 79.9. The van der Waals surface area contributed by atoms with Crippen LogP contribution in [0.25, 0.3) is 0 Å². The summed E-state index contributed by atoms with van der Waals surface area (Å²) in [5.74, 6) is -0.0387. The standard InChI is InChI=1S/C15H17Br3O3/c16-13(21-11-7-3-1-4-8-11)10-6-2-5-9-12(14(17)18)15(19)20/h1,3-4,7-8,13H,2,5-6,9-10H2,(H,19,20). The van der Waals surface area contributed by atoms with E-state index in [0.717, 1.165) is 31.4 Å². The Bertz CT molecular complexity index is 470. The van der Waals surface area contributed by atoms with Gasteiger partial charge in [0.2, 0.25) is 0 Å². The maximum absolute atomic E-state index is 11.0. The number of carboxylic acids is 1. The van der Waals surface area contributed by atoms with Crippen LogP contribution in [0.2, 0.25) is 0 Å². The number of halogens is 3. The van der Waals surface area contributed by atoms with Crippen molar-refractivity contribution in [1.29, 1.82) is 0 Å². The van der Waals surface area contributed by atoms with Gasteiger partial charge in [0.1, 0.15) is 5.75 Å². The highest BCUT2D eigenvalue weighted by Gasteiger charge is 2.11. The van der Waals surface area contributed by atoms with Crippen LogP contribution in [-0.2, 0) is 4.79 Å². The Kier molecular flexibility index (Phi) is 9.27. The van der Waals surface area contributed by atoms with Crippen LogP contribution in [0, 0.1) is 0 Å². The molecule has 1 N–H and O–H groups in total. The number of carboxylic acid groups (broad SMARTS) is 1. The summed E-state index contributed by atoms with van der Waals surface area (Å²) in [6.45, 7) is 0. The van der Waals surface area contributed by atoms with Gasteiger partial charge in [-0.05, 0) is 85.6 Å². The quantitative estimate of drug-likeness (QED) is 0.273. The zero-order valence-corrected chi connectivity index (χ0v) is 16.2. The number of rotatable bonds is 9. The Labute approximate surface area is 150 Å². The molecule has 0 radical (unpaired) electrons. The first kappa shape index (κ1) is 18.7. The second-order valence-electron chi connectivity index (χ2n) is 4.48. The third kappa shape index (κ3) is 8.02. The summed E-state index contributed by atoms with van der Waals surface area (Å²) in [7, 11) is 0. The molecule has 0 spiro atoms. The average molecular weight is 485 g/mol. The molecule has 0 heterocycles. The first-order chi connectivity index (χ1) is 10.0. The number of hydrogen-bond acceptors (Lipinski definition) is 2. The van der Waals surface area contributed by atoms with Gasteiger partial charge < -0.3 is 9.84 Å². The molecule has 0 aliphatic carbocycles. The summed E-state index contributed by atoms with van der Waals surface area (Å²) >= 11 is 9.82. The van der Waals surface area contributed by atoms with Gasteiger partial charge in [-0.1, -0.05) is 24.6 Å². The van der Waals surface area contributed by atoms with Crippen molar-refractivity contribution >= 4 is 53.8 Å². The molecule has 0 aliphatic rings. The maximum Gasteiger partial charge on any atom is 0.333 e. The number of alkyl halides is 1. The van der Waals surface area contributed by atoms with Gasteiger partial charge >= 0.3 is 5.97 Å². The maximum atomic E-state index is 11.0. The van der Waals surface area contributed by atoms with Gasteiger partial charge in [-0.15, -0.1) is 0 Å². The van der Waals surface area contributed by atoms with Gasteiger partial charge in [-0.2, -0.15) is 0 Å². The smallest absolute Gasteiger partial charge is 0.333 e. The molecule has 0 aromatic heterocycles. The van der Waals surface area contributed by atoms with Crippen molar-refractivity contribution in [2.24, 2.45) is 0 Å². The van der Waals surface area contributed by atoms with E-state index in [0.29, 0.717) is 15.4 Å². The molecule has 0 saturated carbocycles. The number of benzene rings is 1. The van der Waals surface area contributed by atoms with Crippen LogP contribution in [0.4, 0.5) is 0 Å². The van der Waals surface area contributed by atoms with Crippen LogP contribution >= 0.6 is 47.8 Å². The SMILES string of the molecule is O=C(O)C(CCCCCC(Br)Oc1ccccc1)=C(Br)Br. The highest BCUT2D eigenvalue weighted by Crippen LogP contribution is 2.24. The molecular formula is C15H17Br3O3. The zero-order chi connectivity index (χ0) is 15.7. The number of para-hydroxylation sites is 1. The fourth-order valence-corrected chi connectivity index (χ4v) is 3.05. The van der Waals surface area contributed by atoms with Crippen LogP contribution < -0.4 is 4.74 Å². The number of ether oxygens (including phenoxy) is 1. The van der Waals surface area contributed by atoms with E-state index in [9.17, 15) is 4.79 Å². The molecule has 0 bridgehead atoms. The summed E-state index contributed by atoms with van der Waals surface area (Å²) in [6, 6.07) is 9.67. The number of carbonyl (C=O) groups is 1. The van der Waals surface area contributed by atoms with Crippen molar-refractivity contribution in [2.75, 3.05) is 0 Å². The van der Waals surface area contributed by atoms with Crippen molar-refractivity contribution in [1.82, 2.24) is 0 Å². The summed E-state index contributed by atoms with van der Waals surface area (Å²) < 4.78 is 6.24. The molecule has 1 rings (SSSR count). The molecule has 1 aromatic rings. The van der Waals surface area contributed by atoms with Crippen LogP contribution in [0.1, 0.15) is 32.1 Å². The second kappa shape index (κ2) is 10.4. The van der Waals surface area contributed by atoms with Gasteiger partial charge in [0.25, 0.3) is 0 Å². The third-order valence-electron chi connectivity index (χ3n) is 2.85. The van der Waals surface area contributed by atoms with E-state index in [1.807, 2.05) is 30.3 Å². The molecule has 116 valence electrons. The first-order valence-corrected chi connectivity index (χ1v) is 9.14. The minimum absolute atomic E-state index is 0.0164. The molecule has 0 saturated heterocycles. The van der Waals surface area contributed by atoms with E-state index in [-0.39, 0.29) is 5.01 Å². The highest BCUT2D eigenvalue weighted by molar-refractivity contribution is 9.28. The molecule has 21 heavy (non-hydrogen) atoms. The van der Waals surface area contributed by atoms with Crippen LogP contribution in [0.3, 0.4) is 0 Å². The molecular weight excluding hydrogens is 468 g/mol. The normalized spacial score (nSPS) is 11.8. The lowest BCUT2D eigenvalue weighted by Gasteiger charge is -2.12. The predicted octanol–water partition coefficient (Wildman–Crippen LogP) is 5.82. The van der Waals surface area contributed by atoms with Crippen LogP contribution in [0.5, 0.6) is 5.75 Å². The summed E-state index contributed by atoms with van der Waals surface area (Å²) in [4.78, 5) is 11.0.